The third kappa shape index (κ3) is 7.20. The number of nitrogens with zero attached hydrogens (tertiary/aromatic N) is 1. The number of hydrogen-bond donors (Lipinski definition) is 4. The van der Waals surface area contributed by atoms with Crippen LogP contribution in [0.2, 0.25) is 0 Å². The molecule has 3 heterocycles. The number of carbonyl (C=O) groups is 3. The zero-order valence-corrected chi connectivity index (χ0v) is 25.3. The first-order valence-electron chi connectivity index (χ1n) is 14.6. The molecule has 0 spiro atoms. The van der Waals surface area contributed by atoms with Crippen LogP contribution in [0.25, 0.3) is 17.0 Å². The first kappa shape index (κ1) is 30.8. The van der Waals surface area contributed by atoms with E-state index < -0.39 is 30.1 Å². The fourth-order valence-corrected chi connectivity index (χ4v) is 5.22. The Labute approximate surface area is 248 Å². The van der Waals surface area contributed by atoms with Gasteiger partial charge in [-0.25, -0.2) is 0 Å². The lowest BCUT2D eigenvalue weighted by atomic mass is 9.94. The van der Waals surface area contributed by atoms with Gasteiger partial charge in [-0.1, -0.05) is 64.4 Å². The molecule has 3 amide bonds. The summed E-state index contributed by atoms with van der Waals surface area (Å²) in [7, 11) is 3.70. The van der Waals surface area contributed by atoms with E-state index in [1.54, 1.807) is 12.3 Å². The topological polar surface area (TPSA) is 116 Å². The van der Waals surface area contributed by atoms with Crippen LogP contribution in [0, 0.1) is 11.8 Å². The second kappa shape index (κ2) is 13.7. The summed E-state index contributed by atoms with van der Waals surface area (Å²) in [6.07, 6.45) is 5.72. The van der Waals surface area contributed by atoms with Gasteiger partial charge in [0.1, 0.15) is 23.9 Å². The Bertz CT molecular complexity index is 1410. The van der Waals surface area contributed by atoms with Crippen LogP contribution < -0.4 is 20.7 Å². The molecule has 0 saturated carbocycles. The van der Waals surface area contributed by atoms with Crippen molar-refractivity contribution in [2.45, 2.75) is 64.8 Å². The van der Waals surface area contributed by atoms with Crippen LogP contribution in [0.4, 0.5) is 0 Å². The van der Waals surface area contributed by atoms with Crippen molar-refractivity contribution in [3.8, 4) is 5.75 Å². The average molecular weight is 574 g/mol. The molecule has 5 rings (SSSR count). The lowest BCUT2D eigenvalue weighted by molar-refractivity contribution is -0.136. The van der Waals surface area contributed by atoms with Gasteiger partial charge in [-0.15, -0.1) is 0 Å². The second-order valence-corrected chi connectivity index (χ2v) is 11.6. The summed E-state index contributed by atoms with van der Waals surface area (Å²) in [5.74, 6) is -0.787. The molecule has 1 aromatic heterocycles. The van der Waals surface area contributed by atoms with Crippen molar-refractivity contribution in [3.05, 3.63) is 72.1 Å². The summed E-state index contributed by atoms with van der Waals surface area (Å²) < 4.78 is 6.39. The van der Waals surface area contributed by atoms with Crippen molar-refractivity contribution in [1.82, 2.24) is 25.8 Å². The molecule has 0 unspecified atom stereocenters. The molecule has 42 heavy (non-hydrogen) atoms. The van der Waals surface area contributed by atoms with Gasteiger partial charge >= 0.3 is 0 Å². The fraction of sp³-hybridized carbons (Fsp3) is 0.424. The van der Waals surface area contributed by atoms with Crippen molar-refractivity contribution < 1.29 is 19.1 Å². The summed E-state index contributed by atoms with van der Waals surface area (Å²) >= 11 is 0. The van der Waals surface area contributed by atoms with E-state index in [4.69, 9.17) is 4.74 Å². The summed E-state index contributed by atoms with van der Waals surface area (Å²) in [4.78, 5) is 46.3. The van der Waals surface area contributed by atoms with Crippen LogP contribution in [0.1, 0.15) is 45.2 Å². The molecule has 4 N–H and O–H groups in total. The minimum atomic E-state index is -1.06. The van der Waals surface area contributed by atoms with Crippen LogP contribution >= 0.6 is 0 Å². The predicted octanol–water partition coefficient (Wildman–Crippen LogP) is 3.86. The number of fused-ring (bicyclic) bond motifs is 11. The molecule has 5 atom stereocenters. The van der Waals surface area contributed by atoms with E-state index >= 15 is 0 Å². The lowest BCUT2D eigenvalue weighted by Crippen LogP contribution is -2.62. The highest BCUT2D eigenvalue weighted by Crippen LogP contribution is 2.23. The number of H-pyrrole nitrogens is 1. The number of likely N-dealkylation sites (N-methyl/N-ethyl adjacent to an activating group) is 1. The van der Waals surface area contributed by atoms with E-state index in [9.17, 15) is 14.4 Å². The number of hydrogen-bond acceptors (Lipinski definition) is 5. The Morgan fingerprint density at radius 1 is 1.02 bits per heavy atom. The van der Waals surface area contributed by atoms with E-state index in [1.165, 1.54) is 0 Å². The molecule has 0 fully saturated rings. The molecule has 9 heteroatoms. The smallest absolute Gasteiger partial charge is 0.247 e. The third-order valence-electron chi connectivity index (χ3n) is 8.03. The van der Waals surface area contributed by atoms with Crippen LogP contribution in [-0.2, 0) is 20.8 Å². The normalized spacial score (nSPS) is 21.8. The van der Waals surface area contributed by atoms with Gasteiger partial charge in [0.25, 0.3) is 0 Å². The standard InChI is InChI=1S/C33H43N5O4/c1-7-21(4)28-32(40)34-17-16-22-12-14-24(15-13-22)42-30(20(2)3)29(33(41)36-28)37-31(39)27(38(5)6)18-23-19-35-26-11-9-8-10-25(23)26/h8-17,19-21,27-30,35H,7,18H2,1-6H3,(H,34,40)(H,36,41)(H,37,39)/b17-16-/t21-,27+,28+,29+,30-/m1/s1. The van der Waals surface area contributed by atoms with Crippen molar-refractivity contribution in [2.24, 2.45) is 11.8 Å². The maximum absolute atomic E-state index is 14.0. The molecule has 0 aliphatic carbocycles. The molecule has 2 aliphatic rings. The number of nitrogens with one attached hydrogen (secondary N) is 4. The van der Waals surface area contributed by atoms with Crippen molar-refractivity contribution in [2.75, 3.05) is 14.1 Å². The van der Waals surface area contributed by atoms with Crippen LogP contribution in [0.3, 0.4) is 0 Å². The van der Waals surface area contributed by atoms with E-state index in [2.05, 4.69) is 20.9 Å². The fourth-order valence-electron chi connectivity index (χ4n) is 5.22. The first-order chi connectivity index (χ1) is 20.1. The minimum absolute atomic E-state index is 0.139. The van der Waals surface area contributed by atoms with Gasteiger partial charge in [-0.2, -0.15) is 0 Å². The zero-order chi connectivity index (χ0) is 30.4. The van der Waals surface area contributed by atoms with Crippen molar-refractivity contribution >= 4 is 34.7 Å². The molecule has 9 nitrogen and oxygen atoms in total. The Morgan fingerprint density at radius 2 is 1.74 bits per heavy atom. The molecular weight excluding hydrogens is 530 g/mol. The largest absolute Gasteiger partial charge is 0.487 e. The Morgan fingerprint density at radius 3 is 2.40 bits per heavy atom. The molecule has 2 aliphatic heterocycles. The highest BCUT2D eigenvalue weighted by molar-refractivity contribution is 5.94. The van der Waals surface area contributed by atoms with Crippen molar-refractivity contribution in [1.29, 1.82) is 0 Å². The molecule has 2 bridgehead atoms. The van der Waals surface area contributed by atoms with Gasteiger partial charge < -0.3 is 25.7 Å². The SMILES string of the molecule is CC[C@@H](C)[C@@H]1NC(=O)[C@@H](NC(=O)[C@H](Cc2c[nH]c3ccccc23)N(C)C)[C@@H](C(C)C)Oc2ccc(cc2)/C=C\NC1=O. The molecule has 3 aromatic rings. The molecule has 0 radical (unpaired) electrons. The van der Waals surface area contributed by atoms with Crippen LogP contribution in [0.5, 0.6) is 5.75 Å². The summed E-state index contributed by atoms with van der Waals surface area (Å²) in [6, 6.07) is 13.0. The molecule has 224 valence electrons. The maximum Gasteiger partial charge on any atom is 0.247 e. The Balaban J connectivity index is 1.69. The van der Waals surface area contributed by atoms with E-state index in [1.807, 2.05) is 101 Å². The third-order valence-corrected chi connectivity index (χ3v) is 8.03. The average Bonchev–Trinajstić information content (AvgIpc) is 3.38. The van der Waals surface area contributed by atoms with E-state index in [0.717, 1.165) is 22.0 Å². The summed E-state index contributed by atoms with van der Waals surface area (Å²) in [6.45, 7) is 7.79. The molecule has 0 saturated heterocycles. The minimum Gasteiger partial charge on any atom is -0.487 e. The number of aromatic amines is 1. The maximum atomic E-state index is 14.0. The van der Waals surface area contributed by atoms with Crippen LogP contribution in [0.15, 0.2) is 60.9 Å². The predicted molar refractivity (Wildman–Crippen MR) is 166 cm³/mol. The Hall–Kier alpha value is -4.11. The highest BCUT2D eigenvalue weighted by atomic mass is 16.5. The monoisotopic (exact) mass is 573 g/mol. The van der Waals surface area contributed by atoms with Crippen molar-refractivity contribution in [3.63, 3.8) is 0 Å². The van der Waals surface area contributed by atoms with Gasteiger partial charge in [-0.3, -0.25) is 19.3 Å². The van der Waals surface area contributed by atoms with Gasteiger partial charge in [0.15, 0.2) is 0 Å². The molecule has 2 aromatic carbocycles. The van der Waals surface area contributed by atoms with E-state index in [-0.39, 0.29) is 23.7 Å². The first-order valence-corrected chi connectivity index (χ1v) is 14.6. The number of aromatic nitrogens is 1. The highest BCUT2D eigenvalue weighted by Gasteiger charge is 2.38. The zero-order valence-electron chi connectivity index (χ0n) is 25.3. The number of carbonyl (C=O) groups excluding carboxylic acids is 3. The number of ether oxygens (including phenoxy) is 1. The number of para-hydroxylation sites is 1. The van der Waals surface area contributed by atoms with Crippen LogP contribution in [-0.4, -0.2) is 65.9 Å². The number of benzene rings is 2. The Kier molecular flexibility index (Phi) is 10.1. The second-order valence-electron chi connectivity index (χ2n) is 11.6. The summed E-state index contributed by atoms with van der Waals surface area (Å²) in [5.41, 5.74) is 2.90. The molecular formula is C33H43N5O4. The van der Waals surface area contributed by atoms with Gasteiger partial charge in [-0.05, 0) is 67.8 Å². The van der Waals surface area contributed by atoms with Gasteiger partial charge in [0, 0.05) is 23.3 Å². The number of amides is 3. The summed E-state index contributed by atoms with van der Waals surface area (Å²) in [5, 5.41) is 9.84. The number of rotatable bonds is 8. The lowest BCUT2D eigenvalue weighted by Gasteiger charge is -2.34. The van der Waals surface area contributed by atoms with E-state index in [0.29, 0.717) is 18.6 Å². The van der Waals surface area contributed by atoms with Gasteiger partial charge in [0.05, 0.1) is 6.04 Å². The quantitative estimate of drug-likeness (QED) is 0.327. The van der Waals surface area contributed by atoms with Gasteiger partial charge in [0.2, 0.25) is 17.7 Å².